The van der Waals surface area contributed by atoms with Crippen LogP contribution in [0, 0.1) is 5.92 Å². The molecule has 0 atom stereocenters. The van der Waals surface area contributed by atoms with E-state index in [0.29, 0.717) is 0 Å². The normalized spacial score (nSPS) is 14.9. The van der Waals surface area contributed by atoms with E-state index in [-0.39, 0.29) is 11.8 Å². The second kappa shape index (κ2) is 10.8. The number of unbranched alkanes of at least 4 members (excludes halogenated alkanes) is 2. The molecule has 0 unspecified atom stereocenters. The summed E-state index contributed by atoms with van der Waals surface area (Å²) in [6.07, 6.45) is 5.16. The maximum Gasteiger partial charge on any atom is 0.223 e. The van der Waals surface area contributed by atoms with Crippen molar-refractivity contribution in [2.75, 3.05) is 24.5 Å². The highest BCUT2D eigenvalue weighted by Crippen LogP contribution is 2.28. The SMILES string of the molecule is CCCCCNC(=O)C1CCN(c2ccc(Sc3ccc(Br)cc3)nn2)CC1. The molecule has 0 bridgehead atoms. The molecule has 5 nitrogen and oxygen atoms in total. The van der Waals surface area contributed by atoms with Gasteiger partial charge in [0.25, 0.3) is 0 Å². The average molecular weight is 463 g/mol. The number of carbonyl (C=O) groups is 1. The van der Waals surface area contributed by atoms with Crippen LogP contribution in [-0.4, -0.2) is 35.7 Å². The maximum absolute atomic E-state index is 12.3. The minimum Gasteiger partial charge on any atom is -0.356 e. The fourth-order valence-electron chi connectivity index (χ4n) is 3.26. The Bertz CT molecular complexity index is 746. The minimum absolute atomic E-state index is 0.123. The molecule has 1 aliphatic heterocycles. The molecular weight excluding hydrogens is 436 g/mol. The predicted molar refractivity (Wildman–Crippen MR) is 118 cm³/mol. The molecule has 3 rings (SSSR count). The lowest BCUT2D eigenvalue weighted by Crippen LogP contribution is -2.41. The van der Waals surface area contributed by atoms with E-state index in [1.807, 2.05) is 24.3 Å². The standard InChI is InChI=1S/C21H27BrN4OS/c1-2-3-4-13-23-21(27)16-11-14-26(15-12-16)19-9-10-20(25-24-19)28-18-7-5-17(22)6-8-18/h5-10,16H,2-4,11-15H2,1H3,(H,23,27). The first-order chi connectivity index (χ1) is 13.7. The Labute approximate surface area is 179 Å². The van der Waals surface area contributed by atoms with Gasteiger partial charge in [0.15, 0.2) is 5.82 Å². The Morgan fingerprint density at radius 3 is 2.54 bits per heavy atom. The molecule has 1 aromatic heterocycles. The van der Waals surface area contributed by atoms with Crippen LogP contribution in [0.3, 0.4) is 0 Å². The summed E-state index contributed by atoms with van der Waals surface area (Å²) in [6, 6.07) is 12.2. The Morgan fingerprint density at radius 2 is 1.89 bits per heavy atom. The van der Waals surface area contributed by atoms with Crippen LogP contribution in [0.4, 0.5) is 5.82 Å². The number of benzene rings is 1. The highest BCUT2D eigenvalue weighted by Gasteiger charge is 2.25. The summed E-state index contributed by atoms with van der Waals surface area (Å²) in [5, 5.41) is 12.7. The molecule has 1 saturated heterocycles. The van der Waals surface area contributed by atoms with Gasteiger partial charge in [-0.25, -0.2) is 0 Å². The Morgan fingerprint density at radius 1 is 1.14 bits per heavy atom. The van der Waals surface area contributed by atoms with E-state index in [1.54, 1.807) is 11.8 Å². The number of anilines is 1. The van der Waals surface area contributed by atoms with Gasteiger partial charge in [0.2, 0.25) is 5.91 Å². The van der Waals surface area contributed by atoms with Crippen molar-refractivity contribution >= 4 is 39.4 Å². The lowest BCUT2D eigenvalue weighted by molar-refractivity contribution is -0.125. The number of aromatic nitrogens is 2. The molecule has 0 saturated carbocycles. The number of carbonyl (C=O) groups excluding carboxylic acids is 1. The van der Waals surface area contributed by atoms with Gasteiger partial charge in [0.05, 0.1) is 0 Å². The number of hydrogen-bond donors (Lipinski definition) is 1. The van der Waals surface area contributed by atoms with Gasteiger partial charge in [-0.2, -0.15) is 0 Å². The number of nitrogens with one attached hydrogen (secondary N) is 1. The van der Waals surface area contributed by atoms with Gasteiger partial charge in [-0.05, 0) is 55.7 Å². The van der Waals surface area contributed by atoms with E-state index in [0.717, 1.165) is 59.1 Å². The number of halogens is 1. The van der Waals surface area contributed by atoms with Gasteiger partial charge in [0, 0.05) is 34.9 Å². The van der Waals surface area contributed by atoms with Crippen molar-refractivity contribution < 1.29 is 4.79 Å². The molecule has 28 heavy (non-hydrogen) atoms. The molecule has 2 aromatic rings. The average Bonchev–Trinajstić information content (AvgIpc) is 2.73. The van der Waals surface area contributed by atoms with Crippen molar-refractivity contribution in [3.05, 3.63) is 40.9 Å². The summed E-state index contributed by atoms with van der Waals surface area (Å²) in [7, 11) is 0. The van der Waals surface area contributed by atoms with Gasteiger partial charge in [0.1, 0.15) is 5.03 Å². The predicted octanol–water partition coefficient (Wildman–Crippen LogP) is 4.91. The van der Waals surface area contributed by atoms with Crippen LogP contribution in [0.2, 0.25) is 0 Å². The molecule has 1 aliphatic rings. The van der Waals surface area contributed by atoms with Crippen molar-refractivity contribution in [2.45, 2.75) is 48.9 Å². The van der Waals surface area contributed by atoms with Crippen molar-refractivity contribution in [1.29, 1.82) is 0 Å². The summed E-state index contributed by atoms with van der Waals surface area (Å²) in [4.78, 5) is 15.6. The third kappa shape index (κ3) is 6.21. The zero-order valence-electron chi connectivity index (χ0n) is 16.2. The number of piperidine rings is 1. The van der Waals surface area contributed by atoms with E-state index >= 15 is 0 Å². The Hall–Kier alpha value is -1.60. The van der Waals surface area contributed by atoms with Crippen LogP contribution in [0.1, 0.15) is 39.0 Å². The number of nitrogens with zero attached hydrogens (tertiary/aromatic N) is 3. The molecule has 2 heterocycles. The van der Waals surface area contributed by atoms with E-state index in [1.165, 1.54) is 12.8 Å². The van der Waals surface area contributed by atoms with Gasteiger partial charge in [-0.3, -0.25) is 4.79 Å². The molecule has 0 radical (unpaired) electrons. The van der Waals surface area contributed by atoms with Crippen LogP contribution in [0.15, 0.2) is 50.8 Å². The number of rotatable bonds is 8. The van der Waals surface area contributed by atoms with Gasteiger partial charge in [-0.1, -0.05) is 47.5 Å². The van der Waals surface area contributed by atoms with Crippen LogP contribution < -0.4 is 10.2 Å². The largest absolute Gasteiger partial charge is 0.356 e. The molecule has 7 heteroatoms. The monoisotopic (exact) mass is 462 g/mol. The number of amides is 1. The van der Waals surface area contributed by atoms with E-state index in [4.69, 9.17) is 0 Å². The van der Waals surface area contributed by atoms with Gasteiger partial charge < -0.3 is 10.2 Å². The molecule has 0 spiro atoms. The third-order valence-electron chi connectivity index (χ3n) is 4.93. The van der Waals surface area contributed by atoms with Crippen molar-refractivity contribution in [3.63, 3.8) is 0 Å². The van der Waals surface area contributed by atoms with Crippen LogP contribution >= 0.6 is 27.7 Å². The van der Waals surface area contributed by atoms with Gasteiger partial charge >= 0.3 is 0 Å². The van der Waals surface area contributed by atoms with Crippen molar-refractivity contribution in [3.8, 4) is 0 Å². The summed E-state index contributed by atoms with van der Waals surface area (Å²) in [6.45, 7) is 4.67. The van der Waals surface area contributed by atoms with Crippen molar-refractivity contribution in [1.82, 2.24) is 15.5 Å². The first kappa shape index (κ1) is 21.1. The first-order valence-corrected chi connectivity index (χ1v) is 11.6. The van der Waals surface area contributed by atoms with Crippen LogP contribution in [0.25, 0.3) is 0 Å². The van der Waals surface area contributed by atoms with E-state index < -0.39 is 0 Å². The molecule has 150 valence electrons. The smallest absolute Gasteiger partial charge is 0.223 e. The summed E-state index contributed by atoms with van der Waals surface area (Å²) in [5.74, 6) is 1.23. The second-order valence-electron chi connectivity index (χ2n) is 7.05. The Balaban J connectivity index is 1.46. The zero-order chi connectivity index (χ0) is 19.8. The third-order valence-corrected chi connectivity index (χ3v) is 6.39. The van der Waals surface area contributed by atoms with E-state index in [2.05, 4.69) is 55.4 Å². The summed E-state index contributed by atoms with van der Waals surface area (Å²) >= 11 is 5.05. The Kier molecular flexibility index (Phi) is 8.15. The fraction of sp³-hybridized carbons (Fsp3) is 0.476. The molecule has 1 amide bonds. The highest BCUT2D eigenvalue weighted by atomic mass is 79.9. The van der Waals surface area contributed by atoms with E-state index in [9.17, 15) is 4.79 Å². The molecule has 1 N–H and O–H groups in total. The maximum atomic E-state index is 12.3. The minimum atomic E-state index is 0.123. The number of hydrogen-bond acceptors (Lipinski definition) is 5. The zero-order valence-corrected chi connectivity index (χ0v) is 18.6. The van der Waals surface area contributed by atoms with Crippen molar-refractivity contribution in [2.24, 2.45) is 5.92 Å². The topological polar surface area (TPSA) is 58.1 Å². The second-order valence-corrected chi connectivity index (χ2v) is 9.05. The van der Waals surface area contributed by atoms with Crippen LogP contribution in [-0.2, 0) is 4.79 Å². The summed E-state index contributed by atoms with van der Waals surface area (Å²) < 4.78 is 1.07. The molecule has 1 aromatic carbocycles. The lowest BCUT2D eigenvalue weighted by Gasteiger charge is -2.31. The highest BCUT2D eigenvalue weighted by molar-refractivity contribution is 9.10. The van der Waals surface area contributed by atoms with Gasteiger partial charge in [-0.15, -0.1) is 10.2 Å². The molecule has 1 fully saturated rings. The first-order valence-electron chi connectivity index (χ1n) is 9.95. The fourth-order valence-corrected chi connectivity index (χ4v) is 4.26. The quantitative estimate of drug-likeness (QED) is 0.564. The lowest BCUT2D eigenvalue weighted by atomic mass is 9.96. The summed E-state index contributed by atoms with van der Waals surface area (Å²) in [5.41, 5.74) is 0. The molecule has 0 aliphatic carbocycles. The molecular formula is C21H27BrN4OS. The van der Waals surface area contributed by atoms with Crippen LogP contribution in [0.5, 0.6) is 0 Å².